The van der Waals surface area contributed by atoms with Crippen LogP contribution in [0.2, 0.25) is 0 Å². The average Bonchev–Trinajstić information content (AvgIpc) is 2.59. The van der Waals surface area contributed by atoms with Crippen LogP contribution in [0, 0.1) is 0 Å². The van der Waals surface area contributed by atoms with Gasteiger partial charge in [0.25, 0.3) is 0 Å². The fraction of sp³-hybridized carbons (Fsp3) is 0.833. The molecule has 1 aliphatic heterocycles. The smallest absolute Gasteiger partial charge is 0.346 e. The second-order valence-electron chi connectivity index (χ2n) is 4.90. The van der Waals surface area contributed by atoms with Gasteiger partial charge in [-0.05, 0) is 13.3 Å². The monoisotopic (exact) mass is 295 g/mol. The van der Waals surface area contributed by atoms with E-state index in [1.807, 2.05) is 5.32 Å². The highest BCUT2D eigenvalue weighted by atomic mass is 19.4. The Morgan fingerprint density at radius 1 is 1.20 bits per heavy atom. The molecule has 0 aromatic rings. The number of hydrogen-bond donors (Lipinski definition) is 1. The van der Waals surface area contributed by atoms with Crippen molar-refractivity contribution in [3.8, 4) is 0 Å². The Morgan fingerprint density at radius 2 is 1.85 bits per heavy atom. The maximum Gasteiger partial charge on any atom is 0.405 e. The van der Waals surface area contributed by atoms with Crippen LogP contribution in [-0.4, -0.2) is 66.6 Å². The molecule has 0 aromatic heterocycles. The minimum atomic E-state index is -4.40. The summed E-state index contributed by atoms with van der Waals surface area (Å²) in [6.07, 6.45) is -3.70. The predicted molar refractivity (Wildman–Crippen MR) is 67.0 cm³/mol. The molecule has 0 aliphatic carbocycles. The summed E-state index contributed by atoms with van der Waals surface area (Å²) in [7, 11) is 0. The highest BCUT2D eigenvalue weighted by Crippen LogP contribution is 2.13. The Labute approximate surface area is 116 Å². The molecule has 1 aliphatic rings. The highest BCUT2D eigenvalue weighted by Gasteiger charge is 2.30. The molecular weight excluding hydrogens is 275 g/mol. The minimum absolute atomic E-state index is 0.0268. The fourth-order valence-electron chi connectivity index (χ4n) is 2.14. The largest absolute Gasteiger partial charge is 0.405 e. The van der Waals surface area contributed by atoms with E-state index < -0.39 is 24.7 Å². The molecule has 5 nitrogen and oxygen atoms in total. The van der Waals surface area contributed by atoms with Crippen LogP contribution in [-0.2, 0) is 9.59 Å². The molecule has 0 saturated carbocycles. The van der Waals surface area contributed by atoms with Gasteiger partial charge in [0.1, 0.15) is 6.54 Å². The van der Waals surface area contributed by atoms with Gasteiger partial charge in [0, 0.05) is 33.1 Å². The van der Waals surface area contributed by atoms with Crippen molar-refractivity contribution < 1.29 is 22.8 Å². The topological polar surface area (TPSA) is 52.7 Å². The first-order chi connectivity index (χ1) is 9.20. The van der Waals surface area contributed by atoms with Crippen LogP contribution in [0.3, 0.4) is 0 Å². The summed E-state index contributed by atoms with van der Waals surface area (Å²) in [6, 6.07) is -0.635. The van der Waals surface area contributed by atoms with E-state index in [4.69, 9.17) is 0 Å². The van der Waals surface area contributed by atoms with Crippen molar-refractivity contribution in [1.29, 1.82) is 0 Å². The van der Waals surface area contributed by atoms with Crippen molar-refractivity contribution in [3.05, 3.63) is 0 Å². The van der Waals surface area contributed by atoms with Gasteiger partial charge in [0.2, 0.25) is 11.8 Å². The van der Waals surface area contributed by atoms with Crippen LogP contribution in [0.1, 0.15) is 20.3 Å². The quantitative estimate of drug-likeness (QED) is 0.830. The molecule has 0 bridgehead atoms. The van der Waals surface area contributed by atoms with Crippen LogP contribution in [0.4, 0.5) is 13.2 Å². The van der Waals surface area contributed by atoms with Gasteiger partial charge < -0.3 is 10.2 Å². The second kappa shape index (κ2) is 6.92. The SMILES string of the molecule is CC(=O)N1CCCN(C(C)C(=O)NCC(F)(F)F)CC1. The first-order valence-electron chi connectivity index (χ1n) is 6.55. The molecule has 8 heteroatoms. The van der Waals surface area contributed by atoms with Gasteiger partial charge in [0.15, 0.2) is 0 Å². The molecule has 0 spiro atoms. The van der Waals surface area contributed by atoms with Crippen LogP contribution >= 0.6 is 0 Å². The Morgan fingerprint density at radius 3 is 2.40 bits per heavy atom. The Bertz CT molecular complexity index is 360. The number of halogens is 3. The van der Waals surface area contributed by atoms with E-state index in [-0.39, 0.29) is 5.91 Å². The van der Waals surface area contributed by atoms with Gasteiger partial charge in [-0.1, -0.05) is 0 Å². The molecule has 1 saturated heterocycles. The van der Waals surface area contributed by atoms with Crippen molar-refractivity contribution in [2.75, 3.05) is 32.7 Å². The molecule has 1 unspecified atom stereocenters. The summed E-state index contributed by atoms with van der Waals surface area (Å²) >= 11 is 0. The van der Waals surface area contributed by atoms with Gasteiger partial charge >= 0.3 is 6.18 Å². The number of hydrogen-bond acceptors (Lipinski definition) is 3. The van der Waals surface area contributed by atoms with E-state index in [0.717, 1.165) is 0 Å². The third-order valence-electron chi connectivity index (χ3n) is 3.37. The van der Waals surface area contributed by atoms with Crippen molar-refractivity contribution in [2.24, 2.45) is 0 Å². The molecule has 2 amide bonds. The third kappa shape index (κ3) is 5.36. The summed E-state index contributed by atoms with van der Waals surface area (Å²) < 4.78 is 36.2. The van der Waals surface area contributed by atoms with Crippen LogP contribution in [0.25, 0.3) is 0 Å². The molecule has 1 N–H and O–H groups in total. The highest BCUT2D eigenvalue weighted by molar-refractivity contribution is 5.81. The molecule has 20 heavy (non-hydrogen) atoms. The van der Waals surface area contributed by atoms with Crippen molar-refractivity contribution in [2.45, 2.75) is 32.5 Å². The second-order valence-corrected chi connectivity index (χ2v) is 4.90. The molecule has 0 radical (unpaired) electrons. The number of alkyl halides is 3. The predicted octanol–water partition coefficient (Wildman–Crippen LogP) is 0.608. The average molecular weight is 295 g/mol. The number of carbonyl (C=O) groups excluding carboxylic acids is 2. The van der Waals surface area contributed by atoms with E-state index in [2.05, 4.69) is 0 Å². The lowest BCUT2D eigenvalue weighted by Crippen LogP contribution is -2.48. The van der Waals surface area contributed by atoms with Crippen LogP contribution in [0.5, 0.6) is 0 Å². The summed E-state index contributed by atoms with van der Waals surface area (Å²) in [5, 5.41) is 1.89. The van der Waals surface area contributed by atoms with E-state index in [1.54, 1.807) is 16.7 Å². The van der Waals surface area contributed by atoms with Crippen molar-refractivity contribution in [3.63, 3.8) is 0 Å². The molecule has 116 valence electrons. The molecule has 1 heterocycles. The molecule has 1 atom stereocenters. The van der Waals surface area contributed by atoms with Gasteiger partial charge in [-0.15, -0.1) is 0 Å². The zero-order valence-corrected chi connectivity index (χ0v) is 11.7. The van der Waals surface area contributed by atoms with Gasteiger partial charge in [-0.3, -0.25) is 14.5 Å². The lowest BCUT2D eigenvalue weighted by Gasteiger charge is -2.27. The zero-order chi connectivity index (χ0) is 15.3. The van der Waals surface area contributed by atoms with E-state index in [1.165, 1.54) is 6.92 Å². The zero-order valence-electron chi connectivity index (χ0n) is 11.7. The standard InChI is InChI=1S/C12H20F3N3O2/c1-9(11(20)16-8-12(13,14)15)17-4-3-5-18(7-6-17)10(2)19/h9H,3-8H2,1-2H3,(H,16,20). The van der Waals surface area contributed by atoms with E-state index in [9.17, 15) is 22.8 Å². The molecule has 0 aromatic carbocycles. The maximum absolute atomic E-state index is 12.1. The Balaban J connectivity index is 2.48. The first-order valence-corrected chi connectivity index (χ1v) is 6.55. The van der Waals surface area contributed by atoms with Gasteiger partial charge in [-0.2, -0.15) is 13.2 Å². The molecule has 1 fully saturated rings. The van der Waals surface area contributed by atoms with E-state index in [0.29, 0.717) is 32.6 Å². The number of nitrogens with one attached hydrogen (secondary N) is 1. The lowest BCUT2D eigenvalue weighted by atomic mass is 10.2. The van der Waals surface area contributed by atoms with Gasteiger partial charge in [0.05, 0.1) is 6.04 Å². The van der Waals surface area contributed by atoms with E-state index >= 15 is 0 Å². The molecular formula is C12H20F3N3O2. The van der Waals surface area contributed by atoms with Crippen molar-refractivity contribution in [1.82, 2.24) is 15.1 Å². The first kappa shape index (κ1) is 16.7. The van der Waals surface area contributed by atoms with Crippen LogP contribution < -0.4 is 5.32 Å². The maximum atomic E-state index is 12.1. The third-order valence-corrected chi connectivity index (χ3v) is 3.37. The van der Waals surface area contributed by atoms with Crippen LogP contribution in [0.15, 0.2) is 0 Å². The summed E-state index contributed by atoms with van der Waals surface area (Å²) in [4.78, 5) is 26.4. The Kier molecular flexibility index (Phi) is 5.79. The number of rotatable bonds is 3. The number of carbonyl (C=O) groups is 2. The number of nitrogens with zero attached hydrogens (tertiary/aromatic N) is 2. The fourth-order valence-corrected chi connectivity index (χ4v) is 2.14. The molecule has 1 rings (SSSR count). The van der Waals surface area contributed by atoms with Gasteiger partial charge in [-0.25, -0.2) is 0 Å². The summed E-state index contributed by atoms with van der Waals surface area (Å²) in [6.45, 7) is 3.92. The lowest BCUT2D eigenvalue weighted by molar-refractivity contribution is -0.141. The van der Waals surface area contributed by atoms with Crippen molar-refractivity contribution >= 4 is 11.8 Å². The minimum Gasteiger partial charge on any atom is -0.346 e. The Hall–Kier alpha value is -1.31. The normalized spacial score (nSPS) is 19.4. The summed E-state index contributed by atoms with van der Waals surface area (Å²) in [5.41, 5.74) is 0. The summed E-state index contributed by atoms with van der Waals surface area (Å²) in [5.74, 6) is -0.667. The number of amides is 2.